The average molecular weight is 1040 g/mol. The minimum Gasteiger partial charge on any atom is -0.466 e. The predicted molar refractivity (Wildman–Crippen MR) is 321 cm³/mol. The van der Waals surface area contributed by atoms with Gasteiger partial charge in [0.1, 0.15) is 5.60 Å². The lowest BCUT2D eigenvalue weighted by molar-refractivity contribution is -0.144. The van der Waals surface area contributed by atoms with Crippen LogP contribution in [-0.4, -0.2) is 67.9 Å². The Balaban J connectivity index is -0.00000278. The SMILES string of the molecule is CC.CCC.CCC.CCCCCCC(CCCCCC)CCCOC(=O)CCCCCCCN(CCCCCCCC(=O)OCCCC(CCCCCC)CCCCCC)CCCCNC(=O)OC(C)(C)C. The van der Waals surface area contributed by atoms with Crippen molar-refractivity contribution in [1.29, 1.82) is 0 Å². The van der Waals surface area contributed by atoms with E-state index in [4.69, 9.17) is 14.2 Å². The van der Waals surface area contributed by atoms with Gasteiger partial charge in [-0.1, -0.05) is 249 Å². The molecule has 0 bridgehead atoms. The fourth-order valence-corrected chi connectivity index (χ4v) is 9.14. The highest BCUT2D eigenvalue weighted by molar-refractivity contribution is 5.69. The molecule has 0 aromatic carbocycles. The lowest BCUT2D eigenvalue weighted by Crippen LogP contribution is -2.33. The molecule has 0 saturated heterocycles. The van der Waals surface area contributed by atoms with Crippen LogP contribution < -0.4 is 5.32 Å². The van der Waals surface area contributed by atoms with Crippen molar-refractivity contribution >= 4 is 18.0 Å². The van der Waals surface area contributed by atoms with E-state index in [1.165, 1.54) is 180 Å². The summed E-state index contributed by atoms with van der Waals surface area (Å²) in [7, 11) is 0. The minimum atomic E-state index is -0.485. The van der Waals surface area contributed by atoms with Crippen LogP contribution in [0.15, 0.2) is 0 Å². The summed E-state index contributed by atoms with van der Waals surface area (Å²) >= 11 is 0. The number of nitrogens with zero attached hydrogens (tertiary/aromatic N) is 1. The molecule has 0 aliphatic rings. The van der Waals surface area contributed by atoms with E-state index in [9.17, 15) is 14.4 Å². The molecule has 1 N–H and O–H groups in total. The maximum atomic E-state index is 12.5. The molecule has 0 aliphatic carbocycles. The smallest absolute Gasteiger partial charge is 0.407 e. The van der Waals surface area contributed by atoms with Crippen LogP contribution in [0.1, 0.15) is 347 Å². The van der Waals surface area contributed by atoms with E-state index >= 15 is 0 Å². The van der Waals surface area contributed by atoms with Gasteiger partial charge in [0.2, 0.25) is 0 Å². The van der Waals surface area contributed by atoms with Crippen molar-refractivity contribution < 1.29 is 28.6 Å². The Kier molecular flexibility index (Phi) is 68.6. The lowest BCUT2D eigenvalue weighted by atomic mass is 9.91. The van der Waals surface area contributed by atoms with Gasteiger partial charge >= 0.3 is 18.0 Å². The number of nitrogens with one attached hydrogen (secondary N) is 1. The molecule has 8 heteroatoms. The second-order valence-electron chi connectivity index (χ2n) is 22.3. The molecule has 8 nitrogen and oxygen atoms in total. The largest absolute Gasteiger partial charge is 0.466 e. The van der Waals surface area contributed by atoms with E-state index in [-0.39, 0.29) is 18.0 Å². The third-order valence-electron chi connectivity index (χ3n) is 13.2. The first kappa shape index (κ1) is 77.7. The Morgan fingerprint density at radius 3 is 1.01 bits per heavy atom. The van der Waals surface area contributed by atoms with Crippen LogP contribution in [0.25, 0.3) is 0 Å². The molecular weight excluding hydrogens is 905 g/mol. The van der Waals surface area contributed by atoms with Gasteiger partial charge in [0.05, 0.1) is 13.2 Å². The van der Waals surface area contributed by atoms with E-state index in [1.807, 2.05) is 34.6 Å². The number of hydrogen-bond donors (Lipinski definition) is 1. The molecule has 0 aromatic heterocycles. The summed E-state index contributed by atoms with van der Waals surface area (Å²) < 4.78 is 16.7. The van der Waals surface area contributed by atoms with Crippen molar-refractivity contribution in [2.75, 3.05) is 39.4 Å². The number of carbonyl (C=O) groups is 3. The van der Waals surface area contributed by atoms with Gasteiger partial charge in [0.25, 0.3) is 0 Å². The summed E-state index contributed by atoms with van der Waals surface area (Å²) in [5.41, 5.74) is -0.485. The molecule has 0 spiro atoms. The van der Waals surface area contributed by atoms with Crippen molar-refractivity contribution in [2.45, 2.75) is 352 Å². The summed E-state index contributed by atoms with van der Waals surface area (Å²) in [5, 5.41) is 2.90. The lowest BCUT2D eigenvalue weighted by Gasteiger charge is -2.23. The fraction of sp³-hybridized carbons (Fsp3) is 0.954. The van der Waals surface area contributed by atoms with Gasteiger partial charge in [0.15, 0.2) is 0 Å². The van der Waals surface area contributed by atoms with Gasteiger partial charge in [-0.05, 0) is 116 Å². The van der Waals surface area contributed by atoms with Crippen LogP contribution in [0.4, 0.5) is 4.79 Å². The molecule has 0 fully saturated rings. The zero-order chi connectivity index (χ0) is 55.3. The summed E-state index contributed by atoms with van der Waals surface area (Å²) in [6.07, 6.45) is 47.3. The molecule has 0 radical (unpaired) electrons. The standard InChI is InChI=1S/C57H112N2O6.2C3H8.C2H6/c1-8-12-16-26-38-52(39-27-17-13-9-2)42-36-50-63-54(60)44-30-22-20-24-33-47-59(49-35-32-46-58-56(62)65-57(5,6)7)48-34-25-21-23-31-45-55(61)64-51-37-43-53(40-28-18-14-10-3)41-29-19-15-11-4;2*1-3-2;1-2/h52-53H,8-51H2,1-7H3,(H,58,62);2*3H2,1-2H3;1-2H3. The van der Waals surface area contributed by atoms with E-state index in [0.717, 1.165) is 95.7 Å². The number of ether oxygens (including phenoxy) is 3. The summed E-state index contributed by atoms with van der Waals surface area (Å²) in [4.78, 5) is 39.6. The first-order valence-electron chi connectivity index (χ1n) is 32.4. The van der Waals surface area contributed by atoms with E-state index in [1.54, 1.807) is 0 Å². The molecule has 0 atom stereocenters. The number of carbonyl (C=O) groups excluding carboxylic acids is 3. The van der Waals surface area contributed by atoms with Crippen molar-refractivity contribution in [2.24, 2.45) is 11.8 Å². The highest BCUT2D eigenvalue weighted by Crippen LogP contribution is 2.25. The Bertz CT molecular complexity index is 992. The normalized spacial score (nSPS) is 11.1. The van der Waals surface area contributed by atoms with E-state index in [2.05, 4.69) is 65.6 Å². The minimum absolute atomic E-state index is 0.0184. The highest BCUT2D eigenvalue weighted by Gasteiger charge is 2.16. The number of amides is 1. The quantitative estimate of drug-likeness (QED) is 0.0368. The van der Waals surface area contributed by atoms with Crippen LogP contribution in [0.5, 0.6) is 0 Å². The molecule has 0 unspecified atom stereocenters. The zero-order valence-electron chi connectivity index (χ0n) is 52.1. The predicted octanol–water partition coefficient (Wildman–Crippen LogP) is 20.9. The van der Waals surface area contributed by atoms with Crippen LogP contribution in [0.3, 0.4) is 0 Å². The maximum Gasteiger partial charge on any atom is 0.407 e. The van der Waals surface area contributed by atoms with Crippen LogP contribution in [0, 0.1) is 11.8 Å². The molecule has 440 valence electrons. The molecule has 0 aliphatic heterocycles. The Morgan fingerprint density at radius 2 is 0.685 bits per heavy atom. The van der Waals surface area contributed by atoms with Gasteiger partial charge in [-0.2, -0.15) is 0 Å². The van der Waals surface area contributed by atoms with Crippen molar-refractivity contribution in [1.82, 2.24) is 10.2 Å². The van der Waals surface area contributed by atoms with Gasteiger partial charge in [-0.25, -0.2) is 4.79 Å². The van der Waals surface area contributed by atoms with Crippen LogP contribution >= 0.6 is 0 Å². The van der Waals surface area contributed by atoms with E-state index in [0.29, 0.717) is 32.6 Å². The number of unbranched alkanes of at least 4 members (excludes halogenated alkanes) is 21. The number of rotatable bonds is 49. The Labute approximate surface area is 458 Å². The molecule has 0 saturated carbocycles. The third-order valence-corrected chi connectivity index (χ3v) is 13.2. The molecule has 0 rings (SSSR count). The number of alkyl carbamates (subject to hydrolysis) is 1. The third kappa shape index (κ3) is 68.2. The topological polar surface area (TPSA) is 94.2 Å². The van der Waals surface area contributed by atoms with Crippen LogP contribution in [0.2, 0.25) is 0 Å². The summed E-state index contributed by atoms with van der Waals surface area (Å²) in [5.74, 6) is 1.55. The second-order valence-corrected chi connectivity index (χ2v) is 22.3. The zero-order valence-corrected chi connectivity index (χ0v) is 52.1. The number of hydrogen-bond acceptors (Lipinski definition) is 7. The fourth-order valence-electron chi connectivity index (χ4n) is 9.14. The van der Waals surface area contributed by atoms with Gasteiger partial charge < -0.3 is 24.4 Å². The van der Waals surface area contributed by atoms with Crippen molar-refractivity contribution in [3.63, 3.8) is 0 Å². The molecule has 0 heterocycles. The van der Waals surface area contributed by atoms with Crippen molar-refractivity contribution in [3.8, 4) is 0 Å². The van der Waals surface area contributed by atoms with Gasteiger partial charge in [-0.3, -0.25) is 9.59 Å². The summed E-state index contributed by atoms with van der Waals surface area (Å²) in [6.45, 7) is 32.3. The van der Waals surface area contributed by atoms with Gasteiger partial charge in [0, 0.05) is 19.4 Å². The molecular formula is C65H134N2O6. The Morgan fingerprint density at radius 1 is 0.397 bits per heavy atom. The molecule has 1 amide bonds. The summed E-state index contributed by atoms with van der Waals surface area (Å²) in [6, 6.07) is 0. The molecule has 0 aromatic rings. The maximum absolute atomic E-state index is 12.5. The van der Waals surface area contributed by atoms with E-state index < -0.39 is 5.60 Å². The van der Waals surface area contributed by atoms with Gasteiger partial charge in [-0.15, -0.1) is 0 Å². The highest BCUT2D eigenvalue weighted by atomic mass is 16.6. The second kappa shape index (κ2) is 64.5. The first-order valence-corrected chi connectivity index (χ1v) is 32.4. The van der Waals surface area contributed by atoms with Crippen LogP contribution in [-0.2, 0) is 23.8 Å². The monoisotopic (exact) mass is 1040 g/mol. The number of esters is 2. The van der Waals surface area contributed by atoms with Crippen molar-refractivity contribution in [3.05, 3.63) is 0 Å². The molecule has 73 heavy (non-hydrogen) atoms. The average Bonchev–Trinajstić information content (AvgIpc) is 3.35. The Hall–Kier alpha value is -1.83. The first-order chi connectivity index (χ1) is 35.4.